The summed E-state index contributed by atoms with van der Waals surface area (Å²) in [5, 5.41) is 3.06. The van der Waals surface area contributed by atoms with Gasteiger partial charge in [0.05, 0.1) is 5.70 Å². The molecule has 2 rings (SSSR count). The number of nitrogens with two attached hydrogens (primary N) is 1. The number of hydrogen-bond acceptors (Lipinski definition) is 3. The van der Waals surface area contributed by atoms with E-state index < -0.39 is 0 Å². The van der Waals surface area contributed by atoms with Crippen LogP contribution in [-0.2, 0) is 0 Å². The molecular weight excluding hydrogens is 212 g/mol. The minimum Gasteiger partial charge on any atom is -0.458 e. The van der Waals surface area contributed by atoms with Crippen molar-refractivity contribution < 1.29 is 4.74 Å². The lowest BCUT2D eigenvalue weighted by atomic mass is 10.2. The summed E-state index contributed by atoms with van der Waals surface area (Å²) in [6.07, 6.45) is 6.50. The predicted octanol–water partition coefficient (Wildman–Crippen LogP) is 2.30. The van der Waals surface area contributed by atoms with Gasteiger partial charge >= 0.3 is 0 Å². The molecule has 1 aliphatic rings. The zero-order chi connectivity index (χ0) is 12.1. The highest BCUT2D eigenvalue weighted by molar-refractivity contribution is 5.34. The van der Waals surface area contributed by atoms with Crippen LogP contribution < -0.4 is 15.8 Å². The van der Waals surface area contributed by atoms with Gasteiger partial charge in [-0.3, -0.25) is 0 Å². The van der Waals surface area contributed by atoms with Crippen LogP contribution in [0.1, 0.15) is 6.42 Å². The molecule has 17 heavy (non-hydrogen) atoms. The fourth-order valence-corrected chi connectivity index (χ4v) is 1.61. The van der Waals surface area contributed by atoms with Crippen molar-refractivity contribution in [3.05, 3.63) is 65.7 Å². The van der Waals surface area contributed by atoms with E-state index in [2.05, 4.69) is 5.32 Å². The molecule has 0 saturated carbocycles. The third-order valence-electron chi connectivity index (χ3n) is 2.53. The van der Waals surface area contributed by atoms with Gasteiger partial charge in [-0.05, 0) is 30.4 Å². The van der Waals surface area contributed by atoms with E-state index in [9.17, 15) is 0 Å². The van der Waals surface area contributed by atoms with E-state index in [1.54, 1.807) is 0 Å². The molecule has 0 unspecified atom stereocenters. The lowest BCUT2D eigenvalue weighted by Crippen LogP contribution is -2.11. The van der Waals surface area contributed by atoms with Crippen molar-refractivity contribution in [3.63, 3.8) is 0 Å². The number of para-hydroxylation sites is 1. The van der Waals surface area contributed by atoms with Gasteiger partial charge in [0, 0.05) is 19.2 Å². The summed E-state index contributed by atoms with van der Waals surface area (Å²) in [6, 6.07) is 9.71. The molecule has 1 aliphatic carbocycles. The van der Waals surface area contributed by atoms with Crippen molar-refractivity contribution in [2.45, 2.75) is 6.42 Å². The molecule has 3 nitrogen and oxygen atoms in total. The van der Waals surface area contributed by atoms with E-state index in [0.717, 1.165) is 22.9 Å². The van der Waals surface area contributed by atoms with E-state index in [-0.39, 0.29) is 0 Å². The van der Waals surface area contributed by atoms with Gasteiger partial charge in [-0.25, -0.2) is 0 Å². The molecule has 0 heterocycles. The monoisotopic (exact) mass is 228 g/mol. The molecule has 1 aromatic carbocycles. The van der Waals surface area contributed by atoms with Gasteiger partial charge in [0.25, 0.3) is 0 Å². The summed E-state index contributed by atoms with van der Waals surface area (Å²) < 4.78 is 5.74. The van der Waals surface area contributed by atoms with E-state index in [1.165, 1.54) is 0 Å². The maximum atomic E-state index is 5.91. The minimum atomic E-state index is 0.686. The molecule has 0 saturated heterocycles. The molecule has 0 spiro atoms. The topological polar surface area (TPSA) is 47.3 Å². The van der Waals surface area contributed by atoms with Gasteiger partial charge in [0.2, 0.25) is 0 Å². The largest absolute Gasteiger partial charge is 0.458 e. The summed E-state index contributed by atoms with van der Waals surface area (Å²) in [7, 11) is 1.86. The molecular formula is C14H16N2O. The van der Waals surface area contributed by atoms with E-state index >= 15 is 0 Å². The van der Waals surface area contributed by atoms with Crippen LogP contribution in [-0.4, -0.2) is 7.05 Å². The van der Waals surface area contributed by atoms with Gasteiger partial charge in [-0.2, -0.15) is 0 Å². The van der Waals surface area contributed by atoms with Crippen molar-refractivity contribution in [1.29, 1.82) is 0 Å². The number of benzene rings is 1. The molecule has 0 amide bonds. The van der Waals surface area contributed by atoms with Gasteiger partial charge < -0.3 is 15.8 Å². The van der Waals surface area contributed by atoms with Crippen LogP contribution in [0.2, 0.25) is 0 Å². The highest BCUT2D eigenvalue weighted by atomic mass is 16.5. The Balaban J connectivity index is 2.11. The Morgan fingerprint density at radius 3 is 2.65 bits per heavy atom. The van der Waals surface area contributed by atoms with Crippen LogP contribution in [0.3, 0.4) is 0 Å². The second kappa shape index (κ2) is 5.25. The molecule has 0 bridgehead atoms. The summed E-state index contributed by atoms with van der Waals surface area (Å²) in [5.41, 5.74) is 7.66. The Labute approximate surface area is 101 Å². The fraction of sp³-hybridized carbons (Fsp3) is 0.143. The second-order valence-corrected chi connectivity index (χ2v) is 3.75. The fourth-order valence-electron chi connectivity index (χ4n) is 1.61. The van der Waals surface area contributed by atoms with Crippen molar-refractivity contribution in [2.24, 2.45) is 5.73 Å². The van der Waals surface area contributed by atoms with Crippen molar-refractivity contribution in [2.75, 3.05) is 7.05 Å². The van der Waals surface area contributed by atoms with Crippen molar-refractivity contribution in [1.82, 2.24) is 5.32 Å². The first-order valence-electron chi connectivity index (χ1n) is 5.57. The van der Waals surface area contributed by atoms with Crippen LogP contribution in [0.15, 0.2) is 65.7 Å². The van der Waals surface area contributed by atoms with Gasteiger partial charge in [0.15, 0.2) is 0 Å². The number of allylic oxidation sites excluding steroid dienone is 3. The van der Waals surface area contributed by atoms with Gasteiger partial charge in [0.1, 0.15) is 11.5 Å². The number of hydrogen-bond donors (Lipinski definition) is 2. The molecule has 3 heteroatoms. The Morgan fingerprint density at radius 1 is 1.18 bits per heavy atom. The average Bonchev–Trinajstić information content (AvgIpc) is 2.53. The van der Waals surface area contributed by atoms with Gasteiger partial charge in [-0.1, -0.05) is 18.2 Å². The van der Waals surface area contributed by atoms with Gasteiger partial charge in [-0.15, -0.1) is 0 Å². The van der Waals surface area contributed by atoms with E-state index in [4.69, 9.17) is 10.5 Å². The summed E-state index contributed by atoms with van der Waals surface area (Å²) in [4.78, 5) is 0. The number of rotatable bonds is 3. The third-order valence-corrected chi connectivity index (χ3v) is 2.53. The molecule has 3 N–H and O–H groups in total. The third kappa shape index (κ3) is 2.91. The Bertz CT molecular complexity index is 472. The summed E-state index contributed by atoms with van der Waals surface area (Å²) >= 11 is 0. The highest BCUT2D eigenvalue weighted by Gasteiger charge is 2.04. The van der Waals surface area contributed by atoms with Crippen LogP contribution in [0.4, 0.5) is 0 Å². The highest BCUT2D eigenvalue weighted by Crippen LogP contribution is 2.17. The molecule has 0 aromatic heterocycles. The Kier molecular flexibility index (Phi) is 3.50. The number of likely N-dealkylation sites (N-methyl/N-ethyl adjacent to an activating group) is 1. The standard InChI is InChI=1S/C14H16N2O/c1-16-14-10-8-12(7-9-13(14)15)17-11-5-3-2-4-6-11/h2-8,10,16H,9,15H2,1H3. The molecule has 88 valence electrons. The zero-order valence-corrected chi connectivity index (χ0v) is 9.81. The first-order valence-corrected chi connectivity index (χ1v) is 5.57. The summed E-state index contributed by atoms with van der Waals surface area (Å²) in [6.45, 7) is 0. The maximum Gasteiger partial charge on any atom is 0.127 e. The van der Waals surface area contributed by atoms with Crippen LogP contribution in [0.25, 0.3) is 0 Å². The summed E-state index contributed by atoms with van der Waals surface area (Å²) in [5.74, 6) is 1.64. The average molecular weight is 228 g/mol. The first-order chi connectivity index (χ1) is 8.29. The quantitative estimate of drug-likeness (QED) is 0.834. The Morgan fingerprint density at radius 2 is 1.94 bits per heavy atom. The smallest absolute Gasteiger partial charge is 0.127 e. The SMILES string of the molecule is CNC1=C(N)CC=C(Oc2ccccc2)C=C1. The van der Waals surface area contributed by atoms with Crippen LogP contribution in [0.5, 0.6) is 5.75 Å². The second-order valence-electron chi connectivity index (χ2n) is 3.75. The maximum absolute atomic E-state index is 5.91. The molecule has 0 aliphatic heterocycles. The lowest BCUT2D eigenvalue weighted by Gasteiger charge is -2.05. The van der Waals surface area contributed by atoms with Crippen molar-refractivity contribution in [3.8, 4) is 5.75 Å². The molecule has 0 radical (unpaired) electrons. The molecule has 1 aromatic rings. The number of nitrogens with one attached hydrogen (secondary N) is 1. The van der Waals surface area contributed by atoms with Crippen LogP contribution in [0, 0.1) is 0 Å². The van der Waals surface area contributed by atoms with E-state index in [1.807, 2.05) is 55.6 Å². The predicted molar refractivity (Wildman–Crippen MR) is 69.2 cm³/mol. The first kappa shape index (κ1) is 11.3. The van der Waals surface area contributed by atoms with Crippen molar-refractivity contribution >= 4 is 0 Å². The zero-order valence-electron chi connectivity index (χ0n) is 9.81. The number of ether oxygens (including phenoxy) is 1. The molecule has 0 atom stereocenters. The van der Waals surface area contributed by atoms with E-state index in [0.29, 0.717) is 6.42 Å². The van der Waals surface area contributed by atoms with Crippen LogP contribution >= 0.6 is 0 Å². The normalized spacial score (nSPS) is 15.2. The minimum absolute atomic E-state index is 0.686. The molecule has 0 fully saturated rings. The lowest BCUT2D eigenvalue weighted by molar-refractivity contribution is 0.442. The Hall–Kier alpha value is -2.16.